The van der Waals surface area contributed by atoms with Gasteiger partial charge in [-0.3, -0.25) is 10.1 Å². The second-order valence-electron chi connectivity index (χ2n) is 6.98. The lowest BCUT2D eigenvalue weighted by Gasteiger charge is -2.10. The van der Waals surface area contributed by atoms with E-state index in [4.69, 9.17) is 21.7 Å². The third kappa shape index (κ3) is 7.56. The van der Waals surface area contributed by atoms with Gasteiger partial charge in [-0.15, -0.1) is 0 Å². The molecule has 0 heterocycles. The van der Waals surface area contributed by atoms with Crippen molar-refractivity contribution in [2.75, 3.05) is 19.0 Å². The maximum atomic E-state index is 12.1. The Kier molecular flexibility index (Phi) is 8.83. The Hall–Kier alpha value is -3.64. The highest BCUT2D eigenvalue weighted by molar-refractivity contribution is 7.80. The predicted octanol–water partition coefficient (Wildman–Crippen LogP) is 5.23. The molecule has 0 radical (unpaired) electrons. The third-order valence-corrected chi connectivity index (χ3v) is 4.83. The van der Waals surface area contributed by atoms with Gasteiger partial charge in [0.25, 0.3) is 0 Å². The minimum absolute atomic E-state index is 0.219. The summed E-state index contributed by atoms with van der Waals surface area (Å²) < 4.78 is 11.1. The minimum Gasteiger partial charge on any atom is -0.496 e. The largest absolute Gasteiger partial charge is 0.496 e. The summed E-state index contributed by atoms with van der Waals surface area (Å²) in [6.45, 7) is 0.647. The fourth-order valence-electron chi connectivity index (χ4n) is 3.03. The molecule has 0 aliphatic carbocycles. The van der Waals surface area contributed by atoms with Crippen molar-refractivity contribution in [3.05, 3.63) is 96.1 Å². The normalized spacial score (nSPS) is 10.5. The highest BCUT2D eigenvalue weighted by Crippen LogP contribution is 2.19. The number of nitrogens with one attached hydrogen (secondary N) is 2. The quantitative estimate of drug-likeness (QED) is 0.268. The molecule has 3 aromatic rings. The maximum absolute atomic E-state index is 12.1. The highest BCUT2D eigenvalue weighted by Gasteiger charge is 2.04. The van der Waals surface area contributed by atoms with Crippen LogP contribution in [0.4, 0.5) is 5.69 Å². The summed E-state index contributed by atoms with van der Waals surface area (Å²) in [7, 11) is 1.59. The van der Waals surface area contributed by atoms with Gasteiger partial charge in [-0.05, 0) is 67.0 Å². The molecule has 2 N–H and O–H groups in total. The van der Waals surface area contributed by atoms with E-state index >= 15 is 0 Å². The summed E-state index contributed by atoms with van der Waals surface area (Å²) in [5.41, 5.74) is 2.88. The molecule has 0 aromatic heterocycles. The second kappa shape index (κ2) is 12.3. The van der Waals surface area contributed by atoms with E-state index in [-0.39, 0.29) is 11.0 Å². The van der Waals surface area contributed by atoms with E-state index in [9.17, 15) is 4.79 Å². The van der Waals surface area contributed by atoms with Crippen molar-refractivity contribution >= 4 is 35.0 Å². The number of thiocarbonyl (C=S) groups is 1. The van der Waals surface area contributed by atoms with Crippen LogP contribution in [-0.2, 0) is 11.2 Å². The molecule has 6 heteroatoms. The van der Waals surface area contributed by atoms with Crippen LogP contribution < -0.4 is 20.1 Å². The topological polar surface area (TPSA) is 59.6 Å². The number of hydrogen-bond donors (Lipinski definition) is 2. The summed E-state index contributed by atoms with van der Waals surface area (Å²) in [5.74, 6) is 1.16. The van der Waals surface area contributed by atoms with Gasteiger partial charge in [-0.2, -0.15) is 0 Å². The molecule has 0 saturated carbocycles. The highest BCUT2D eigenvalue weighted by atomic mass is 32.1. The molecular formula is C26H26N2O3S. The van der Waals surface area contributed by atoms with Crippen molar-refractivity contribution < 1.29 is 14.3 Å². The van der Waals surface area contributed by atoms with E-state index in [0.29, 0.717) is 12.4 Å². The molecule has 3 rings (SSSR count). The SMILES string of the molecule is COc1ccccc1/C=C/C(=O)NC(=S)Nc1ccc(OCCCc2ccccc2)cc1. The van der Waals surface area contributed by atoms with Crippen LogP contribution in [0.1, 0.15) is 17.5 Å². The first-order valence-electron chi connectivity index (χ1n) is 10.3. The van der Waals surface area contributed by atoms with Gasteiger partial charge in [0, 0.05) is 17.3 Å². The number of carbonyl (C=O) groups excluding carboxylic acids is 1. The Bertz CT molecular complexity index is 1050. The number of aryl methyl sites for hydroxylation is 1. The van der Waals surface area contributed by atoms with Crippen molar-refractivity contribution in [1.82, 2.24) is 5.32 Å². The van der Waals surface area contributed by atoms with E-state index in [1.807, 2.05) is 66.7 Å². The third-order valence-electron chi connectivity index (χ3n) is 4.62. The lowest BCUT2D eigenvalue weighted by Crippen LogP contribution is -2.32. The Labute approximate surface area is 194 Å². The zero-order valence-electron chi connectivity index (χ0n) is 17.9. The lowest BCUT2D eigenvalue weighted by atomic mass is 10.1. The van der Waals surface area contributed by atoms with Crippen molar-refractivity contribution in [2.24, 2.45) is 0 Å². The van der Waals surface area contributed by atoms with Gasteiger partial charge >= 0.3 is 0 Å². The van der Waals surface area contributed by atoms with Crippen molar-refractivity contribution in [1.29, 1.82) is 0 Å². The van der Waals surface area contributed by atoms with Crippen LogP contribution in [0.5, 0.6) is 11.5 Å². The number of methoxy groups -OCH3 is 1. The molecule has 0 aliphatic rings. The second-order valence-corrected chi connectivity index (χ2v) is 7.39. The molecule has 164 valence electrons. The van der Waals surface area contributed by atoms with Crippen LogP contribution >= 0.6 is 12.2 Å². The van der Waals surface area contributed by atoms with Gasteiger partial charge in [0.15, 0.2) is 5.11 Å². The summed E-state index contributed by atoms with van der Waals surface area (Å²) in [6.07, 6.45) is 5.03. The van der Waals surface area contributed by atoms with Crippen LogP contribution in [-0.4, -0.2) is 24.7 Å². The van der Waals surface area contributed by atoms with Crippen molar-refractivity contribution in [2.45, 2.75) is 12.8 Å². The number of para-hydroxylation sites is 1. The number of amides is 1. The van der Waals surface area contributed by atoms with Gasteiger partial charge < -0.3 is 14.8 Å². The Balaban J connectivity index is 1.41. The number of rotatable bonds is 9. The van der Waals surface area contributed by atoms with E-state index in [1.54, 1.807) is 13.2 Å². The molecule has 0 saturated heterocycles. The molecule has 0 bridgehead atoms. The standard InChI is InChI=1S/C26H26N2O3S/c1-30-24-12-6-5-11-21(24)13-18-25(29)28-26(32)27-22-14-16-23(17-15-22)31-19-7-10-20-8-3-2-4-9-20/h2-6,8-9,11-18H,7,10,19H2,1H3,(H2,27,28,29,32)/b18-13+. The van der Waals surface area contributed by atoms with E-state index in [2.05, 4.69) is 22.8 Å². The first-order valence-corrected chi connectivity index (χ1v) is 10.7. The number of ether oxygens (including phenoxy) is 2. The Morgan fingerprint density at radius 2 is 1.69 bits per heavy atom. The van der Waals surface area contributed by atoms with Crippen LogP contribution in [0.15, 0.2) is 84.9 Å². The molecule has 0 atom stereocenters. The van der Waals surface area contributed by atoms with Gasteiger partial charge in [-0.25, -0.2) is 0 Å². The van der Waals surface area contributed by atoms with Crippen molar-refractivity contribution in [3.63, 3.8) is 0 Å². The summed E-state index contributed by atoms with van der Waals surface area (Å²) in [6, 6.07) is 25.3. The van der Waals surface area contributed by atoms with Gasteiger partial charge in [0.2, 0.25) is 5.91 Å². The molecule has 3 aromatic carbocycles. The smallest absolute Gasteiger partial charge is 0.250 e. The predicted molar refractivity (Wildman–Crippen MR) is 133 cm³/mol. The Morgan fingerprint density at radius 3 is 2.44 bits per heavy atom. The molecule has 1 amide bonds. The van der Waals surface area contributed by atoms with E-state index in [1.165, 1.54) is 11.6 Å². The average molecular weight is 447 g/mol. The van der Waals surface area contributed by atoms with E-state index in [0.717, 1.165) is 29.8 Å². The summed E-state index contributed by atoms with van der Waals surface area (Å²) in [5, 5.41) is 5.84. The zero-order chi connectivity index (χ0) is 22.6. The molecule has 0 unspecified atom stereocenters. The first-order chi connectivity index (χ1) is 15.6. The van der Waals surface area contributed by atoms with Crippen LogP contribution in [0.25, 0.3) is 6.08 Å². The molecule has 0 aliphatic heterocycles. The molecule has 32 heavy (non-hydrogen) atoms. The monoisotopic (exact) mass is 446 g/mol. The van der Waals surface area contributed by atoms with Gasteiger partial charge in [0.1, 0.15) is 11.5 Å². The lowest BCUT2D eigenvalue weighted by molar-refractivity contribution is -0.115. The number of anilines is 1. The minimum atomic E-state index is -0.327. The maximum Gasteiger partial charge on any atom is 0.250 e. The number of hydrogen-bond acceptors (Lipinski definition) is 4. The fourth-order valence-corrected chi connectivity index (χ4v) is 3.25. The molecular weight excluding hydrogens is 420 g/mol. The van der Waals surface area contributed by atoms with Gasteiger partial charge in [0.05, 0.1) is 13.7 Å². The van der Waals surface area contributed by atoms with E-state index < -0.39 is 0 Å². The average Bonchev–Trinajstić information content (AvgIpc) is 2.82. The molecule has 0 fully saturated rings. The summed E-state index contributed by atoms with van der Waals surface area (Å²) in [4.78, 5) is 12.1. The summed E-state index contributed by atoms with van der Waals surface area (Å²) >= 11 is 5.22. The zero-order valence-corrected chi connectivity index (χ0v) is 18.7. The Morgan fingerprint density at radius 1 is 0.969 bits per heavy atom. The van der Waals surface area contributed by atoms with Crippen molar-refractivity contribution in [3.8, 4) is 11.5 Å². The number of carbonyl (C=O) groups is 1. The first kappa shape index (κ1) is 23.0. The molecule has 5 nitrogen and oxygen atoms in total. The van der Waals surface area contributed by atoms with Gasteiger partial charge in [-0.1, -0.05) is 48.5 Å². The van der Waals surface area contributed by atoms with Crippen LogP contribution in [0.2, 0.25) is 0 Å². The van der Waals surface area contributed by atoms with Crippen LogP contribution in [0, 0.1) is 0 Å². The fraction of sp³-hybridized carbons (Fsp3) is 0.154. The van der Waals surface area contributed by atoms with Crippen LogP contribution in [0.3, 0.4) is 0 Å². The number of benzene rings is 3. The molecule has 0 spiro atoms.